The average Bonchev–Trinajstić information content (AvgIpc) is 3.32. The summed E-state index contributed by atoms with van der Waals surface area (Å²) in [5.74, 6) is 0.687. The van der Waals surface area contributed by atoms with Gasteiger partial charge in [0.2, 0.25) is 0 Å². The molecule has 0 radical (unpaired) electrons. The van der Waals surface area contributed by atoms with Gasteiger partial charge in [-0.2, -0.15) is 5.10 Å². The third kappa shape index (κ3) is 3.48. The number of non-ortho nitro benzene ring substituents is 1. The summed E-state index contributed by atoms with van der Waals surface area (Å²) < 4.78 is 1.79. The molecule has 0 unspecified atom stereocenters. The average molecular weight is 363 g/mol. The highest BCUT2D eigenvalue weighted by Crippen LogP contribution is 2.16. The van der Waals surface area contributed by atoms with Crippen LogP contribution in [-0.4, -0.2) is 25.5 Å². The Bertz CT molecular complexity index is 993. The van der Waals surface area contributed by atoms with Gasteiger partial charge < -0.3 is 0 Å². The fraction of sp³-hybridized carbons (Fsp3) is 0.111. The number of nitrogens with one attached hydrogen (secondary N) is 2. The third-order valence-electron chi connectivity index (χ3n) is 4.23. The molecule has 0 atom stereocenters. The summed E-state index contributed by atoms with van der Waals surface area (Å²) in [5.41, 5.74) is 9.68. The summed E-state index contributed by atoms with van der Waals surface area (Å²) >= 11 is 0. The highest BCUT2D eigenvalue weighted by Gasteiger charge is 2.21. The number of aryl methyl sites for hydroxylation is 1. The van der Waals surface area contributed by atoms with E-state index in [4.69, 9.17) is 0 Å². The molecule has 2 heterocycles. The van der Waals surface area contributed by atoms with Gasteiger partial charge in [-0.3, -0.25) is 15.1 Å². The van der Waals surface area contributed by atoms with Crippen molar-refractivity contribution in [2.45, 2.75) is 13.5 Å². The molecule has 4 rings (SSSR count). The summed E-state index contributed by atoms with van der Waals surface area (Å²) in [6.45, 7) is 2.53. The van der Waals surface area contributed by atoms with Gasteiger partial charge in [-0.25, -0.2) is 10.2 Å². The summed E-state index contributed by atoms with van der Waals surface area (Å²) in [6.07, 6.45) is 3.65. The van der Waals surface area contributed by atoms with Crippen LogP contribution >= 0.6 is 0 Å². The number of hydrogen-bond donors (Lipinski definition) is 2. The molecule has 1 aliphatic heterocycles. The lowest BCUT2D eigenvalue weighted by atomic mass is 10.2. The second-order valence-electron chi connectivity index (χ2n) is 6.18. The van der Waals surface area contributed by atoms with E-state index in [1.165, 1.54) is 17.7 Å². The molecule has 9 heteroatoms. The molecule has 9 nitrogen and oxygen atoms in total. The fourth-order valence-corrected chi connectivity index (χ4v) is 2.77. The number of aromatic nitrogens is 2. The van der Waals surface area contributed by atoms with Crippen LogP contribution in [0.2, 0.25) is 0 Å². The van der Waals surface area contributed by atoms with E-state index < -0.39 is 4.92 Å². The van der Waals surface area contributed by atoms with Crippen LogP contribution in [0.25, 0.3) is 5.69 Å². The Morgan fingerprint density at radius 2 is 1.85 bits per heavy atom. The van der Waals surface area contributed by atoms with E-state index in [2.05, 4.69) is 21.3 Å². The minimum absolute atomic E-state index is 0.0690. The topological polar surface area (TPSA) is 101 Å². The Morgan fingerprint density at radius 1 is 1.11 bits per heavy atom. The van der Waals surface area contributed by atoms with Crippen molar-refractivity contribution in [3.8, 4) is 5.69 Å². The van der Waals surface area contributed by atoms with Crippen molar-refractivity contribution in [2.24, 2.45) is 5.10 Å². The molecule has 0 saturated carbocycles. The third-order valence-corrected chi connectivity index (χ3v) is 4.23. The quantitative estimate of drug-likeness (QED) is 0.533. The molecule has 0 bridgehead atoms. The van der Waals surface area contributed by atoms with Crippen LogP contribution in [-0.2, 0) is 6.54 Å². The number of hydrazine groups is 2. The fourth-order valence-electron chi connectivity index (χ4n) is 2.77. The van der Waals surface area contributed by atoms with Gasteiger partial charge in [0.1, 0.15) is 0 Å². The van der Waals surface area contributed by atoms with E-state index in [-0.39, 0.29) is 5.69 Å². The van der Waals surface area contributed by atoms with E-state index in [9.17, 15) is 10.1 Å². The predicted molar refractivity (Wildman–Crippen MR) is 99.7 cm³/mol. The molecule has 0 spiro atoms. The standard InChI is InChI=1S/C18H17N7O2/c1-13-2-6-16(7-3-13)23-12-15(10-19-23)18-20-21-22-24(18)11-14-4-8-17(9-5-14)25(26)27/h2-10,12,21-22H,11H2,1H3. The zero-order valence-corrected chi connectivity index (χ0v) is 14.5. The molecular weight excluding hydrogens is 346 g/mol. The van der Waals surface area contributed by atoms with Crippen molar-refractivity contribution in [1.29, 1.82) is 0 Å². The number of hydrazone groups is 1. The van der Waals surface area contributed by atoms with Crippen molar-refractivity contribution < 1.29 is 4.92 Å². The number of amidine groups is 1. The van der Waals surface area contributed by atoms with E-state index >= 15 is 0 Å². The second-order valence-corrected chi connectivity index (χ2v) is 6.18. The molecule has 2 aromatic carbocycles. The van der Waals surface area contributed by atoms with Gasteiger partial charge in [-0.15, -0.1) is 10.6 Å². The minimum Gasteiger partial charge on any atom is -0.266 e. The van der Waals surface area contributed by atoms with Crippen LogP contribution in [0.4, 0.5) is 5.69 Å². The van der Waals surface area contributed by atoms with Gasteiger partial charge in [-0.1, -0.05) is 29.8 Å². The number of nitro groups is 1. The van der Waals surface area contributed by atoms with E-state index in [0.717, 1.165) is 16.8 Å². The smallest absolute Gasteiger partial charge is 0.266 e. The first-order chi connectivity index (χ1) is 13.1. The zero-order chi connectivity index (χ0) is 18.8. The Morgan fingerprint density at radius 3 is 2.56 bits per heavy atom. The molecule has 27 heavy (non-hydrogen) atoms. The number of benzene rings is 2. The number of hydrogen-bond acceptors (Lipinski definition) is 7. The summed E-state index contributed by atoms with van der Waals surface area (Å²) in [7, 11) is 0. The summed E-state index contributed by atoms with van der Waals surface area (Å²) in [6, 6.07) is 14.5. The van der Waals surface area contributed by atoms with Crippen LogP contribution in [0.5, 0.6) is 0 Å². The van der Waals surface area contributed by atoms with Crippen LogP contribution in [0.1, 0.15) is 16.7 Å². The molecule has 0 fully saturated rings. The van der Waals surface area contributed by atoms with E-state index in [0.29, 0.717) is 12.4 Å². The van der Waals surface area contributed by atoms with Gasteiger partial charge in [-0.05, 0) is 24.6 Å². The summed E-state index contributed by atoms with van der Waals surface area (Å²) in [4.78, 5) is 10.4. The van der Waals surface area contributed by atoms with Crippen molar-refractivity contribution >= 4 is 11.5 Å². The Hall–Kier alpha value is -3.72. The molecular formula is C18H17N7O2. The molecule has 1 aromatic heterocycles. The molecule has 0 amide bonds. The normalized spacial score (nSPS) is 13.4. The van der Waals surface area contributed by atoms with Gasteiger partial charge >= 0.3 is 0 Å². The van der Waals surface area contributed by atoms with Crippen molar-refractivity contribution in [3.63, 3.8) is 0 Å². The first-order valence-corrected chi connectivity index (χ1v) is 8.31. The molecule has 0 aliphatic carbocycles. The predicted octanol–water partition coefficient (Wildman–Crippen LogP) is 2.28. The van der Waals surface area contributed by atoms with Gasteiger partial charge in [0.15, 0.2) is 5.84 Å². The SMILES string of the molecule is Cc1ccc(-n2cc(C3=NNNN3Cc3ccc([N+](=O)[O-])cc3)cn2)cc1. The zero-order valence-electron chi connectivity index (χ0n) is 14.5. The maximum Gasteiger partial charge on any atom is 0.269 e. The molecule has 1 aliphatic rings. The van der Waals surface area contributed by atoms with Gasteiger partial charge in [0.25, 0.3) is 5.69 Å². The van der Waals surface area contributed by atoms with Crippen molar-refractivity contribution in [3.05, 3.63) is 87.7 Å². The number of nitro benzene ring substituents is 1. The lowest BCUT2D eigenvalue weighted by molar-refractivity contribution is -0.384. The van der Waals surface area contributed by atoms with Crippen LogP contribution in [0.15, 0.2) is 66.0 Å². The van der Waals surface area contributed by atoms with E-state index in [1.807, 2.05) is 42.4 Å². The van der Waals surface area contributed by atoms with Crippen LogP contribution in [0.3, 0.4) is 0 Å². The maximum absolute atomic E-state index is 10.8. The number of nitrogens with zero attached hydrogens (tertiary/aromatic N) is 5. The van der Waals surface area contributed by atoms with E-state index in [1.54, 1.807) is 23.0 Å². The van der Waals surface area contributed by atoms with Crippen LogP contribution < -0.4 is 11.1 Å². The van der Waals surface area contributed by atoms with Crippen molar-refractivity contribution in [2.75, 3.05) is 0 Å². The minimum atomic E-state index is -0.411. The Balaban J connectivity index is 1.51. The molecule has 0 saturated heterocycles. The van der Waals surface area contributed by atoms with Crippen molar-refractivity contribution in [1.82, 2.24) is 25.9 Å². The number of rotatable bonds is 5. The first-order valence-electron chi connectivity index (χ1n) is 8.31. The first kappa shape index (κ1) is 16.7. The Labute approximate surface area is 155 Å². The van der Waals surface area contributed by atoms with Gasteiger partial charge in [0, 0.05) is 18.3 Å². The maximum atomic E-state index is 10.8. The largest absolute Gasteiger partial charge is 0.269 e. The Kier molecular flexibility index (Phi) is 4.27. The van der Waals surface area contributed by atoms with Gasteiger partial charge in [0.05, 0.1) is 28.9 Å². The second kappa shape index (κ2) is 6.89. The summed E-state index contributed by atoms with van der Waals surface area (Å²) in [5, 5.41) is 21.3. The molecule has 3 aromatic rings. The highest BCUT2D eigenvalue weighted by atomic mass is 16.6. The highest BCUT2D eigenvalue weighted by molar-refractivity contribution is 5.98. The molecule has 136 valence electrons. The molecule has 2 N–H and O–H groups in total. The monoisotopic (exact) mass is 363 g/mol. The van der Waals surface area contributed by atoms with Crippen LogP contribution in [0, 0.1) is 17.0 Å². The lowest BCUT2D eigenvalue weighted by Gasteiger charge is -2.18. The lowest BCUT2D eigenvalue weighted by Crippen LogP contribution is -2.40.